The van der Waals surface area contributed by atoms with Crippen LogP contribution in [0.1, 0.15) is 26.6 Å². The van der Waals surface area contributed by atoms with Gasteiger partial charge in [0.05, 0.1) is 6.20 Å². The maximum Gasteiger partial charge on any atom is 0.263 e. The van der Waals surface area contributed by atoms with Gasteiger partial charge in [0.2, 0.25) is 5.82 Å². The molecule has 0 aliphatic carbocycles. The Labute approximate surface area is 105 Å². The lowest BCUT2D eigenvalue weighted by Crippen LogP contribution is -2.23. The van der Waals surface area contributed by atoms with Crippen LogP contribution < -0.4 is 5.73 Å². The van der Waals surface area contributed by atoms with Gasteiger partial charge in [-0.3, -0.25) is 4.68 Å². The van der Waals surface area contributed by atoms with Crippen LogP contribution in [0.15, 0.2) is 10.7 Å². The van der Waals surface area contributed by atoms with Crippen molar-refractivity contribution in [3.8, 4) is 11.5 Å². The minimum Gasteiger partial charge on any atom is -0.383 e. The van der Waals surface area contributed by atoms with E-state index in [4.69, 9.17) is 15.0 Å². The first-order valence-electron chi connectivity index (χ1n) is 5.71. The van der Waals surface area contributed by atoms with Gasteiger partial charge in [0.25, 0.3) is 5.89 Å². The Balaban J connectivity index is 2.34. The highest BCUT2D eigenvalue weighted by Crippen LogP contribution is 2.27. The Bertz CT molecular complexity index is 543. The first-order valence-corrected chi connectivity index (χ1v) is 5.71. The molecule has 2 aromatic rings. The molecule has 0 spiro atoms. The van der Waals surface area contributed by atoms with Crippen molar-refractivity contribution in [1.82, 2.24) is 19.9 Å². The fourth-order valence-corrected chi connectivity index (χ4v) is 1.61. The van der Waals surface area contributed by atoms with E-state index in [1.807, 2.05) is 20.8 Å². The van der Waals surface area contributed by atoms with Crippen LogP contribution >= 0.6 is 0 Å². The van der Waals surface area contributed by atoms with Crippen LogP contribution in [0.4, 0.5) is 5.82 Å². The summed E-state index contributed by atoms with van der Waals surface area (Å²) in [4.78, 5) is 4.31. The van der Waals surface area contributed by atoms with Crippen molar-refractivity contribution in [2.45, 2.75) is 26.4 Å². The SMILES string of the molecule is CCOC(C)(C)c1noc(-c2cnn(C)c2N)n1. The van der Waals surface area contributed by atoms with Gasteiger partial charge in [0.15, 0.2) is 0 Å². The lowest BCUT2D eigenvalue weighted by molar-refractivity contribution is -0.0221. The second-order valence-electron chi connectivity index (χ2n) is 4.43. The molecule has 0 saturated carbocycles. The summed E-state index contributed by atoms with van der Waals surface area (Å²) in [7, 11) is 1.75. The smallest absolute Gasteiger partial charge is 0.263 e. The highest BCUT2D eigenvalue weighted by atomic mass is 16.5. The summed E-state index contributed by atoms with van der Waals surface area (Å²) in [5.41, 5.74) is 5.89. The molecule has 0 radical (unpaired) electrons. The highest BCUT2D eigenvalue weighted by Gasteiger charge is 2.28. The van der Waals surface area contributed by atoms with E-state index in [0.29, 0.717) is 29.7 Å². The summed E-state index contributed by atoms with van der Waals surface area (Å²) in [5.74, 6) is 1.32. The van der Waals surface area contributed by atoms with Crippen molar-refractivity contribution in [2.24, 2.45) is 7.05 Å². The van der Waals surface area contributed by atoms with Gasteiger partial charge in [-0.15, -0.1) is 0 Å². The second kappa shape index (κ2) is 4.41. The normalized spacial score (nSPS) is 12.0. The molecule has 2 rings (SSSR count). The minimum atomic E-state index is -0.590. The van der Waals surface area contributed by atoms with Crippen LogP contribution in [-0.4, -0.2) is 26.5 Å². The topological polar surface area (TPSA) is 92.0 Å². The minimum absolute atomic E-state index is 0.350. The molecular weight excluding hydrogens is 234 g/mol. The zero-order valence-electron chi connectivity index (χ0n) is 11.0. The number of nitrogens with two attached hydrogens (primary N) is 1. The average molecular weight is 251 g/mol. The maximum absolute atomic E-state index is 5.85. The number of anilines is 1. The van der Waals surface area contributed by atoms with E-state index in [1.54, 1.807) is 17.9 Å². The molecule has 0 unspecified atom stereocenters. The standard InChI is InChI=1S/C11H17N5O2/c1-5-17-11(2,3)10-14-9(18-15-10)7-6-13-16(4)8(7)12/h6H,5,12H2,1-4H3. The predicted molar refractivity (Wildman–Crippen MR) is 65.6 cm³/mol. The third kappa shape index (κ3) is 2.08. The molecule has 18 heavy (non-hydrogen) atoms. The molecule has 0 saturated heterocycles. The number of aromatic nitrogens is 4. The molecule has 2 heterocycles. The number of ether oxygens (including phenoxy) is 1. The largest absolute Gasteiger partial charge is 0.383 e. The number of hydrogen-bond donors (Lipinski definition) is 1. The zero-order chi connectivity index (χ0) is 13.3. The summed E-state index contributed by atoms with van der Waals surface area (Å²) in [6.07, 6.45) is 1.60. The van der Waals surface area contributed by atoms with Gasteiger partial charge in [0, 0.05) is 13.7 Å². The molecule has 0 atom stereocenters. The van der Waals surface area contributed by atoms with E-state index < -0.39 is 5.60 Å². The number of rotatable bonds is 4. The summed E-state index contributed by atoms with van der Waals surface area (Å²) in [5, 5.41) is 7.96. The van der Waals surface area contributed by atoms with E-state index in [0.717, 1.165) is 0 Å². The molecule has 0 aliphatic rings. The van der Waals surface area contributed by atoms with Gasteiger partial charge in [-0.25, -0.2) is 0 Å². The van der Waals surface area contributed by atoms with Gasteiger partial charge in [-0.1, -0.05) is 5.16 Å². The Morgan fingerprint density at radius 2 is 2.22 bits per heavy atom. The van der Waals surface area contributed by atoms with Crippen molar-refractivity contribution in [3.63, 3.8) is 0 Å². The molecule has 98 valence electrons. The lowest BCUT2D eigenvalue weighted by Gasteiger charge is -2.19. The molecule has 0 amide bonds. The fraction of sp³-hybridized carbons (Fsp3) is 0.545. The molecule has 0 fully saturated rings. The Morgan fingerprint density at radius 3 is 2.78 bits per heavy atom. The van der Waals surface area contributed by atoms with Crippen LogP contribution in [0, 0.1) is 0 Å². The summed E-state index contributed by atoms with van der Waals surface area (Å²) in [6.45, 7) is 6.27. The monoisotopic (exact) mass is 251 g/mol. The fourth-order valence-electron chi connectivity index (χ4n) is 1.61. The van der Waals surface area contributed by atoms with Crippen LogP contribution in [-0.2, 0) is 17.4 Å². The predicted octanol–water partition coefficient (Wildman–Crippen LogP) is 1.32. The molecule has 0 bridgehead atoms. The van der Waals surface area contributed by atoms with Crippen molar-refractivity contribution in [1.29, 1.82) is 0 Å². The Morgan fingerprint density at radius 1 is 1.50 bits per heavy atom. The molecule has 2 aromatic heterocycles. The van der Waals surface area contributed by atoms with E-state index in [1.165, 1.54) is 0 Å². The summed E-state index contributed by atoms with van der Waals surface area (Å²) in [6, 6.07) is 0. The number of nitrogen functional groups attached to an aromatic ring is 1. The van der Waals surface area contributed by atoms with Crippen molar-refractivity contribution in [2.75, 3.05) is 12.3 Å². The second-order valence-corrected chi connectivity index (χ2v) is 4.43. The zero-order valence-corrected chi connectivity index (χ0v) is 11.0. The van der Waals surface area contributed by atoms with Crippen molar-refractivity contribution in [3.05, 3.63) is 12.0 Å². The molecule has 0 aliphatic heterocycles. The Kier molecular flexibility index (Phi) is 3.08. The summed E-state index contributed by atoms with van der Waals surface area (Å²) >= 11 is 0. The number of nitrogens with zero attached hydrogens (tertiary/aromatic N) is 4. The Hall–Kier alpha value is -1.89. The van der Waals surface area contributed by atoms with Crippen LogP contribution in [0.2, 0.25) is 0 Å². The molecule has 7 nitrogen and oxygen atoms in total. The third-order valence-corrected chi connectivity index (χ3v) is 2.68. The lowest BCUT2D eigenvalue weighted by atomic mass is 10.1. The van der Waals surface area contributed by atoms with Crippen molar-refractivity contribution >= 4 is 5.82 Å². The average Bonchev–Trinajstić information content (AvgIpc) is 2.88. The first-order chi connectivity index (χ1) is 8.45. The van der Waals surface area contributed by atoms with Gasteiger partial charge >= 0.3 is 0 Å². The van der Waals surface area contributed by atoms with Gasteiger partial charge in [-0.2, -0.15) is 10.1 Å². The molecule has 0 aromatic carbocycles. The van der Waals surface area contributed by atoms with E-state index in [2.05, 4.69) is 15.2 Å². The number of aryl methyl sites for hydroxylation is 1. The molecule has 7 heteroatoms. The van der Waals surface area contributed by atoms with Crippen LogP contribution in [0.5, 0.6) is 0 Å². The maximum atomic E-state index is 5.85. The molecular formula is C11H17N5O2. The quantitative estimate of drug-likeness (QED) is 0.881. The van der Waals surface area contributed by atoms with Crippen LogP contribution in [0.25, 0.3) is 11.5 Å². The van der Waals surface area contributed by atoms with E-state index in [9.17, 15) is 0 Å². The van der Waals surface area contributed by atoms with E-state index >= 15 is 0 Å². The van der Waals surface area contributed by atoms with Crippen LogP contribution in [0.3, 0.4) is 0 Å². The van der Waals surface area contributed by atoms with Gasteiger partial charge in [0.1, 0.15) is 17.0 Å². The first kappa shape index (κ1) is 12.6. The number of hydrogen-bond acceptors (Lipinski definition) is 6. The van der Waals surface area contributed by atoms with Gasteiger partial charge < -0.3 is 15.0 Å². The van der Waals surface area contributed by atoms with Gasteiger partial charge in [-0.05, 0) is 20.8 Å². The summed E-state index contributed by atoms with van der Waals surface area (Å²) < 4.78 is 12.3. The molecule has 2 N–H and O–H groups in total. The van der Waals surface area contributed by atoms with Crippen molar-refractivity contribution < 1.29 is 9.26 Å². The van der Waals surface area contributed by atoms with E-state index in [-0.39, 0.29) is 0 Å². The third-order valence-electron chi connectivity index (χ3n) is 2.68. The highest BCUT2D eigenvalue weighted by molar-refractivity contribution is 5.66.